The highest BCUT2D eigenvalue weighted by atomic mass is 16.4. The summed E-state index contributed by atoms with van der Waals surface area (Å²) < 4.78 is 0. The van der Waals surface area contributed by atoms with Crippen molar-refractivity contribution in [3.8, 4) is 5.75 Å². The number of carbonyl (C=O) groups excluding carboxylic acids is 1. The molecule has 0 aliphatic carbocycles. The first-order chi connectivity index (χ1) is 9.41. The molecule has 1 aliphatic rings. The number of carboxylic acid groups (broad SMARTS) is 1. The summed E-state index contributed by atoms with van der Waals surface area (Å²) in [7, 11) is 0. The molecule has 108 valence electrons. The van der Waals surface area contributed by atoms with Gasteiger partial charge in [-0.3, -0.25) is 9.59 Å². The van der Waals surface area contributed by atoms with Gasteiger partial charge in [-0.2, -0.15) is 0 Å². The van der Waals surface area contributed by atoms with Crippen molar-refractivity contribution in [2.75, 3.05) is 13.1 Å². The van der Waals surface area contributed by atoms with E-state index in [0.717, 1.165) is 0 Å². The van der Waals surface area contributed by atoms with E-state index >= 15 is 0 Å². The fraction of sp³-hybridized carbons (Fsp3) is 0.467. The van der Waals surface area contributed by atoms with Gasteiger partial charge in [-0.05, 0) is 31.4 Å². The van der Waals surface area contributed by atoms with Crippen LogP contribution in [-0.4, -0.2) is 40.1 Å². The average Bonchev–Trinajstić information content (AvgIpc) is 2.87. The van der Waals surface area contributed by atoms with Gasteiger partial charge < -0.3 is 15.1 Å². The molecule has 0 aromatic heterocycles. The molecule has 1 heterocycles. The topological polar surface area (TPSA) is 77.8 Å². The molecular formula is C15H19NO4. The zero-order chi connectivity index (χ0) is 14.9. The lowest BCUT2D eigenvalue weighted by Crippen LogP contribution is -2.36. The molecule has 1 atom stereocenters. The van der Waals surface area contributed by atoms with E-state index in [2.05, 4.69) is 0 Å². The van der Waals surface area contributed by atoms with E-state index in [0.29, 0.717) is 24.9 Å². The van der Waals surface area contributed by atoms with Crippen molar-refractivity contribution in [3.05, 3.63) is 29.3 Å². The summed E-state index contributed by atoms with van der Waals surface area (Å²) in [5.74, 6) is -1.19. The Labute approximate surface area is 117 Å². The average molecular weight is 277 g/mol. The SMILES string of the molecule is CCC1(C(=O)O)CCN(C(=O)c2cccc(C)c2O)C1. The second-order valence-electron chi connectivity index (χ2n) is 5.39. The Morgan fingerprint density at radius 1 is 1.40 bits per heavy atom. The van der Waals surface area contributed by atoms with Gasteiger partial charge in [0.1, 0.15) is 5.75 Å². The molecule has 1 fully saturated rings. The van der Waals surface area contributed by atoms with Gasteiger partial charge in [-0.25, -0.2) is 0 Å². The number of carboxylic acids is 1. The maximum atomic E-state index is 12.4. The number of aliphatic carboxylic acids is 1. The number of hydrogen-bond acceptors (Lipinski definition) is 3. The molecule has 2 N–H and O–H groups in total. The highest BCUT2D eigenvalue weighted by Gasteiger charge is 2.45. The van der Waals surface area contributed by atoms with Gasteiger partial charge in [0.25, 0.3) is 5.91 Å². The molecule has 0 saturated carbocycles. The predicted molar refractivity (Wildman–Crippen MR) is 73.7 cm³/mol. The third-order valence-electron chi connectivity index (χ3n) is 4.24. The van der Waals surface area contributed by atoms with E-state index < -0.39 is 11.4 Å². The summed E-state index contributed by atoms with van der Waals surface area (Å²) in [6.45, 7) is 4.16. The lowest BCUT2D eigenvalue weighted by atomic mass is 9.84. The van der Waals surface area contributed by atoms with Crippen LogP contribution in [0.3, 0.4) is 0 Å². The van der Waals surface area contributed by atoms with E-state index in [1.807, 2.05) is 6.92 Å². The van der Waals surface area contributed by atoms with Crippen molar-refractivity contribution >= 4 is 11.9 Å². The summed E-state index contributed by atoms with van der Waals surface area (Å²) in [5, 5.41) is 19.3. The largest absolute Gasteiger partial charge is 0.507 e. The first kappa shape index (κ1) is 14.4. The molecule has 1 aliphatic heterocycles. The Bertz CT molecular complexity index is 555. The van der Waals surface area contributed by atoms with E-state index in [-0.39, 0.29) is 23.8 Å². The summed E-state index contributed by atoms with van der Waals surface area (Å²) in [5.41, 5.74) is 0.0204. The second kappa shape index (κ2) is 5.15. The maximum Gasteiger partial charge on any atom is 0.311 e. The number of aromatic hydroxyl groups is 1. The number of phenolic OH excluding ortho intramolecular Hbond substituents is 1. The van der Waals surface area contributed by atoms with Crippen LogP contribution in [0.2, 0.25) is 0 Å². The van der Waals surface area contributed by atoms with Crippen molar-refractivity contribution in [1.82, 2.24) is 4.90 Å². The zero-order valence-electron chi connectivity index (χ0n) is 11.7. The number of phenols is 1. The van der Waals surface area contributed by atoms with Crippen LogP contribution in [0.4, 0.5) is 0 Å². The predicted octanol–water partition coefficient (Wildman–Crippen LogP) is 2.03. The van der Waals surface area contributed by atoms with Crippen LogP contribution in [0.25, 0.3) is 0 Å². The van der Waals surface area contributed by atoms with Crippen molar-refractivity contribution in [2.24, 2.45) is 5.41 Å². The van der Waals surface area contributed by atoms with Crippen LogP contribution < -0.4 is 0 Å². The second-order valence-corrected chi connectivity index (χ2v) is 5.39. The molecule has 1 aromatic rings. The number of benzene rings is 1. The number of rotatable bonds is 3. The van der Waals surface area contributed by atoms with Gasteiger partial charge in [0, 0.05) is 13.1 Å². The highest BCUT2D eigenvalue weighted by Crippen LogP contribution is 2.35. The van der Waals surface area contributed by atoms with E-state index in [1.54, 1.807) is 25.1 Å². The number of carbonyl (C=O) groups is 2. The summed E-state index contributed by atoms with van der Waals surface area (Å²) in [6, 6.07) is 5.00. The third kappa shape index (κ3) is 2.24. The minimum atomic E-state index is -0.858. The first-order valence-electron chi connectivity index (χ1n) is 6.72. The van der Waals surface area contributed by atoms with Crippen LogP contribution in [0, 0.1) is 12.3 Å². The molecular weight excluding hydrogens is 258 g/mol. The van der Waals surface area contributed by atoms with Crippen molar-refractivity contribution < 1.29 is 19.8 Å². The van der Waals surface area contributed by atoms with Gasteiger partial charge >= 0.3 is 5.97 Å². The van der Waals surface area contributed by atoms with Gasteiger partial charge in [-0.15, -0.1) is 0 Å². The van der Waals surface area contributed by atoms with E-state index in [9.17, 15) is 19.8 Å². The molecule has 2 rings (SSSR count). The Morgan fingerprint density at radius 2 is 2.10 bits per heavy atom. The van der Waals surface area contributed by atoms with Gasteiger partial charge in [-0.1, -0.05) is 19.1 Å². The lowest BCUT2D eigenvalue weighted by Gasteiger charge is -2.23. The smallest absolute Gasteiger partial charge is 0.311 e. The van der Waals surface area contributed by atoms with Gasteiger partial charge in [0.05, 0.1) is 11.0 Å². The Morgan fingerprint density at radius 3 is 2.65 bits per heavy atom. The summed E-state index contributed by atoms with van der Waals surface area (Å²) >= 11 is 0. The van der Waals surface area contributed by atoms with Gasteiger partial charge in [0.2, 0.25) is 0 Å². The minimum absolute atomic E-state index is 0.0261. The van der Waals surface area contributed by atoms with Gasteiger partial charge in [0.15, 0.2) is 0 Å². The summed E-state index contributed by atoms with van der Waals surface area (Å²) in [4.78, 5) is 25.3. The lowest BCUT2D eigenvalue weighted by molar-refractivity contribution is -0.148. The normalized spacial score (nSPS) is 22.0. The van der Waals surface area contributed by atoms with Crippen LogP contribution in [0.5, 0.6) is 5.75 Å². The van der Waals surface area contributed by atoms with Crippen LogP contribution in [-0.2, 0) is 4.79 Å². The van der Waals surface area contributed by atoms with Crippen molar-refractivity contribution in [1.29, 1.82) is 0 Å². The molecule has 1 unspecified atom stereocenters. The monoisotopic (exact) mass is 277 g/mol. The Kier molecular flexibility index (Phi) is 3.70. The van der Waals surface area contributed by atoms with Crippen LogP contribution in [0.1, 0.15) is 35.7 Å². The summed E-state index contributed by atoms with van der Waals surface area (Å²) in [6.07, 6.45) is 0.947. The Hall–Kier alpha value is -2.04. The highest BCUT2D eigenvalue weighted by molar-refractivity contribution is 5.97. The Balaban J connectivity index is 2.24. The van der Waals surface area contributed by atoms with Crippen molar-refractivity contribution in [2.45, 2.75) is 26.7 Å². The van der Waals surface area contributed by atoms with E-state index in [1.165, 1.54) is 4.90 Å². The zero-order valence-corrected chi connectivity index (χ0v) is 11.7. The standard InChI is InChI=1S/C15H19NO4/c1-3-15(14(19)20)7-8-16(9-15)13(18)11-6-4-5-10(2)12(11)17/h4-6,17H,3,7-9H2,1-2H3,(H,19,20). The molecule has 0 radical (unpaired) electrons. The number of amides is 1. The fourth-order valence-corrected chi connectivity index (χ4v) is 2.66. The molecule has 0 spiro atoms. The van der Waals surface area contributed by atoms with Crippen LogP contribution >= 0.6 is 0 Å². The first-order valence-corrected chi connectivity index (χ1v) is 6.72. The van der Waals surface area contributed by atoms with E-state index in [4.69, 9.17) is 0 Å². The van der Waals surface area contributed by atoms with Crippen LogP contribution in [0.15, 0.2) is 18.2 Å². The number of likely N-dealkylation sites (tertiary alicyclic amines) is 1. The number of para-hydroxylation sites is 1. The molecule has 0 bridgehead atoms. The number of nitrogens with zero attached hydrogens (tertiary/aromatic N) is 1. The molecule has 5 heteroatoms. The molecule has 1 saturated heterocycles. The molecule has 1 aromatic carbocycles. The molecule has 5 nitrogen and oxygen atoms in total. The molecule has 20 heavy (non-hydrogen) atoms. The quantitative estimate of drug-likeness (QED) is 0.886. The minimum Gasteiger partial charge on any atom is -0.507 e. The maximum absolute atomic E-state index is 12.4. The van der Waals surface area contributed by atoms with Crippen molar-refractivity contribution in [3.63, 3.8) is 0 Å². The molecule has 1 amide bonds. The number of hydrogen-bond donors (Lipinski definition) is 2. The third-order valence-corrected chi connectivity index (χ3v) is 4.24. The number of aryl methyl sites for hydroxylation is 1. The fourth-order valence-electron chi connectivity index (χ4n) is 2.66.